The van der Waals surface area contributed by atoms with Gasteiger partial charge in [-0.2, -0.15) is 5.48 Å². The third-order valence-electron chi connectivity index (χ3n) is 2.05. The van der Waals surface area contributed by atoms with Crippen molar-refractivity contribution in [3.63, 3.8) is 0 Å². The largest absolute Gasteiger partial charge is 0.443 e. The Morgan fingerprint density at radius 1 is 1.33 bits per heavy atom. The molecule has 1 N–H and O–H groups in total. The van der Waals surface area contributed by atoms with E-state index in [-0.39, 0.29) is 12.7 Å². The summed E-state index contributed by atoms with van der Waals surface area (Å²) in [6.07, 6.45) is 1.68. The molecule has 1 amide bonds. The van der Waals surface area contributed by atoms with Gasteiger partial charge in [-0.05, 0) is 18.4 Å². The molecule has 1 aliphatic rings. The van der Waals surface area contributed by atoms with Crippen molar-refractivity contribution < 1.29 is 14.4 Å². The minimum absolute atomic E-state index is 0.189. The first-order valence-electron chi connectivity index (χ1n) is 4.97. The lowest BCUT2D eigenvalue weighted by molar-refractivity contribution is 0.0157. The molecule has 0 spiro atoms. The number of hydroxylamine groups is 1. The van der Waals surface area contributed by atoms with Crippen molar-refractivity contribution >= 4 is 6.09 Å². The number of benzene rings is 1. The summed E-state index contributed by atoms with van der Waals surface area (Å²) in [7, 11) is 0. The molecule has 0 heterocycles. The van der Waals surface area contributed by atoms with Crippen LogP contribution in [0.15, 0.2) is 30.3 Å². The van der Waals surface area contributed by atoms with Crippen LogP contribution in [0.5, 0.6) is 0 Å². The Morgan fingerprint density at radius 3 is 2.73 bits per heavy atom. The topological polar surface area (TPSA) is 47.6 Å². The van der Waals surface area contributed by atoms with Crippen molar-refractivity contribution in [2.45, 2.75) is 25.6 Å². The molecule has 4 heteroatoms. The second-order valence-electron chi connectivity index (χ2n) is 3.48. The SMILES string of the molecule is O=C(NOC1CC1)OCc1ccccc1. The zero-order chi connectivity index (χ0) is 10.5. The van der Waals surface area contributed by atoms with E-state index in [9.17, 15) is 4.79 Å². The Labute approximate surface area is 88.1 Å². The average molecular weight is 207 g/mol. The maximum absolute atomic E-state index is 11.1. The van der Waals surface area contributed by atoms with Crippen LogP contribution in [-0.4, -0.2) is 12.2 Å². The van der Waals surface area contributed by atoms with E-state index in [2.05, 4.69) is 5.48 Å². The Balaban J connectivity index is 1.66. The lowest BCUT2D eigenvalue weighted by Gasteiger charge is -2.06. The summed E-state index contributed by atoms with van der Waals surface area (Å²) in [6.45, 7) is 0.265. The first-order valence-corrected chi connectivity index (χ1v) is 4.97. The monoisotopic (exact) mass is 207 g/mol. The molecule has 0 atom stereocenters. The number of rotatable bonds is 4. The number of ether oxygens (including phenoxy) is 1. The van der Waals surface area contributed by atoms with Gasteiger partial charge in [0, 0.05) is 0 Å². The molecule has 0 aromatic heterocycles. The van der Waals surface area contributed by atoms with Crippen LogP contribution in [-0.2, 0) is 16.2 Å². The van der Waals surface area contributed by atoms with Crippen molar-refractivity contribution in [1.82, 2.24) is 5.48 Å². The lowest BCUT2D eigenvalue weighted by Crippen LogP contribution is -2.25. The van der Waals surface area contributed by atoms with Gasteiger partial charge in [-0.15, -0.1) is 0 Å². The highest BCUT2D eigenvalue weighted by Crippen LogP contribution is 2.21. The van der Waals surface area contributed by atoms with Gasteiger partial charge in [-0.1, -0.05) is 30.3 Å². The third kappa shape index (κ3) is 3.59. The van der Waals surface area contributed by atoms with Crippen molar-refractivity contribution in [3.8, 4) is 0 Å². The standard InChI is InChI=1S/C11H13NO3/c13-11(12-15-10-6-7-10)14-8-9-4-2-1-3-5-9/h1-5,10H,6-8H2,(H,12,13). The van der Waals surface area contributed by atoms with E-state index in [1.807, 2.05) is 30.3 Å². The van der Waals surface area contributed by atoms with Gasteiger partial charge in [0.25, 0.3) is 0 Å². The fourth-order valence-corrected chi connectivity index (χ4v) is 1.07. The summed E-state index contributed by atoms with van der Waals surface area (Å²) in [6, 6.07) is 9.51. The molecular weight excluding hydrogens is 194 g/mol. The number of carbonyl (C=O) groups excluding carboxylic acids is 1. The second-order valence-corrected chi connectivity index (χ2v) is 3.48. The predicted octanol–water partition coefficient (Wildman–Crippen LogP) is 2.01. The molecular formula is C11H13NO3. The number of nitrogens with one attached hydrogen (secondary N) is 1. The molecule has 0 radical (unpaired) electrons. The van der Waals surface area contributed by atoms with Gasteiger partial charge in [0.15, 0.2) is 0 Å². The maximum Gasteiger partial charge on any atom is 0.431 e. The number of hydrogen-bond acceptors (Lipinski definition) is 3. The summed E-state index contributed by atoms with van der Waals surface area (Å²) < 4.78 is 4.93. The first kappa shape index (κ1) is 9.98. The highest BCUT2D eigenvalue weighted by Gasteiger charge is 2.23. The molecule has 1 aromatic carbocycles. The summed E-state index contributed by atoms with van der Waals surface area (Å²) >= 11 is 0. The van der Waals surface area contributed by atoms with Crippen LogP contribution < -0.4 is 5.48 Å². The highest BCUT2D eigenvalue weighted by molar-refractivity contribution is 5.65. The Kier molecular flexibility index (Phi) is 3.19. The van der Waals surface area contributed by atoms with Gasteiger partial charge in [0.1, 0.15) is 6.61 Å². The average Bonchev–Trinajstić information content (AvgIpc) is 3.09. The van der Waals surface area contributed by atoms with Gasteiger partial charge >= 0.3 is 6.09 Å². The quantitative estimate of drug-likeness (QED) is 0.768. The third-order valence-corrected chi connectivity index (χ3v) is 2.05. The minimum atomic E-state index is -0.536. The minimum Gasteiger partial charge on any atom is -0.443 e. The van der Waals surface area contributed by atoms with Crippen LogP contribution >= 0.6 is 0 Å². The van der Waals surface area contributed by atoms with Crippen LogP contribution in [0.4, 0.5) is 4.79 Å². The molecule has 0 saturated heterocycles. The zero-order valence-corrected chi connectivity index (χ0v) is 8.31. The van der Waals surface area contributed by atoms with Gasteiger partial charge in [-0.3, -0.25) is 4.84 Å². The van der Waals surface area contributed by atoms with Crippen LogP contribution in [0.25, 0.3) is 0 Å². The molecule has 0 aliphatic heterocycles. The smallest absolute Gasteiger partial charge is 0.431 e. The van der Waals surface area contributed by atoms with Gasteiger partial charge in [0.05, 0.1) is 6.10 Å². The molecule has 1 aliphatic carbocycles. The Hall–Kier alpha value is -1.55. The molecule has 80 valence electrons. The summed E-state index contributed by atoms with van der Waals surface area (Å²) in [5.41, 5.74) is 3.21. The molecule has 15 heavy (non-hydrogen) atoms. The zero-order valence-electron chi connectivity index (χ0n) is 8.31. The van der Waals surface area contributed by atoms with Gasteiger partial charge in [-0.25, -0.2) is 4.79 Å². The Morgan fingerprint density at radius 2 is 2.07 bits per heavy atom. The number of amides is 1. The summed E-state index contributed by atoms with van der Waals surface area (Å²) in [5.74, 6) is 0. The fraction of sp³-hybridized carbons (Fsp3) is 0.364. The van der Waals surface area contributed by atoms with E-state index in [4.69, 9.17) is 9.57 Å². The maximum atomic E-state index is 11.1. The molecule has 2 rings (SSSR count). The van der Waals surface area contributed by atoms with E-state index in [1.165, 1.54) is 0 Å². The van der Waals surface area contributed by atoms with E-state index in [0.717, 1.165) is 18.4 Å². The Bertz CT molecular complexity index is 322. The van der Waals surface area contributed by atoms with Crippen molar-refractivity contribution in [1.29, 1.82) is 0 Å². The first-order chi connectivity index (χ1) is 7.34. The van der Waals surface area contributed by atoms with Crippen LogP contribution in [0.2, 0.25) is 0 Å². The fourth-order valence-electron chi connectivity index (χ4n) is 1.07. The highest BCUT2D eigenvalue weighted by atomic mass is 16.7. The van der Waals surface area contributed by atoms with Crippen LogP contribution in [0.1, 0.15) is 18.4 Å². The number of carbonyl (C=O) groups is 1. The molecule has 0 bridgehead atoms. The van der Waals surface area contributed by atoms with Gasteiger partial charge < -0.3 is 4.74 Å². The second kappa shape index (κ2) is 4.79. The van der Waals surface area contributed by atoms with Crippen molar-refractivity contribution in [2.24, 2.45) is 0 Å². The molecule has 1 saturated carbocycles. The lowest BCUT2D eigenvalue weighted by atomic mass is 10.2. The normalized spacial score (nSPS) is 14.7. The predicted molar refractivity (Wildman–Crippen MR) is 53.9 cm³/mol. The summed E-state index contributed by atoms with van der Waals surface area (Å²) in [5, 5.41) is 0. The van der Waals surface area contributed by atoms with Gasteiger partial charge in [0.2, 0.25) is 0 Å². The van der Waals surface area contributed by atoms with Crippen molar-refractivity contribution in [3.05, 3.63) is 35.9 Å². The molecule has 1 fully saturated rings. The molecule has 1 aromatic rings. The van der Waals surface area contributed by atoms with Crippen LogP contribution in [0, 0.1) is 0 Å². The molecule has 0 unspecified atom stereocenters. The van der Waals surface area contributed by atoms with E-state index in [1.54, 1.807) is 0 Å². The van der Waals surface area contributed by atoms with E-state index < -0.39 is 6.09 Å². The van der Waals surface area contributed by atoms with Crippen LogP contribution in [0.3, 0.4) is 0 Å². The van der Waals surface area contributed by atoms with E-state index in [0.29, 0.717) is 0 Å². The molecule has 4 nitrogen and oxygen atoms in total. The number of hydrogen-bond donors (Lipinski definition) is 1. The summed E-state index contributed by atoms with van der Waals surface area (Å²) in [4.78, 5) is 16.1. The van der Waals surface area contributed by atoms with E-state index >= 15 is 0 Å². The van der Waals surface area contributed by atoms with Crippen molar-refractivity contribution in [2.75, 3.05) is 0 Å².